The molecule has 0 aromatic heterocycles. The third kappa shape index (κ3) is 9.84. The molecule has 0 saturated heterocycles. The van der Waals surface area contributed by atoms with E-state index in [0.717, 1.165) is 32.2 Å². The molecular weight excluding hydrogens is 162 g/mol. The molecule has 2 nitrogen and oxygen atoms in total. The molecule has 0 radical (unpaired) electrons. The Labute approximate surface area is 83.1 Å². The van der Waals surface area contributed by atoms with E-state index in [4.69, 9.17) is 4.74 Å². The standard InChI is InChI=1S/C11H25NO/c1-5-13-9-11(4)6-7-12-8-10(2)3/h10-12H,5-9H2,1-4H3. The second kappa shape index (κ2) is 8.52. The van der Waals surface area contributed by atoms with Crippen LogP contribution in [0.5, 0.6) is 0 Å². The summed E-state index contributed by atoms with van der Waals surface area (Å²) >= 11 is 0. The van der Waals surface area contributed by atoms with Crippen molar-refractivity contribution in [2.75, 3.05) is 26.3 Å². The summed E-state index contributed by atoms with van der Waals surface area (Å²) in [6.07, 6.45) is 1.22. The van der Waals surface area contributed by atoms with E-state index in [1.54, 1.807) is 0 Å². The van der Waals surface area contributed by atoms with E-state index in [2.05, 4.69) is 26.1 Å². The van der Waals surface area contributed by atoms with E-state index in [-0.39, 0.29) is 0 Å². The lowest BCUT2D eigenvalue weighted by Gasteiger charge is -2.12. The summed E-state index contributed by atoms with van der Waals surface area (Å²) in [4.78, 5) is 0. The van der Waals surface area contributed by atoms with Crippen molar-refractivity contribution in [2.45, 2.75) is 34.1 Å². The quantitative estimate of drug-likeness (QED) is 0.589. The van der Waals surface area contributed by atoms with Crippen LogP contribution in [0.15, 0.2) is 0 Å². The molecule has 1 N–H and O–H groups in total. The predicted octanol–water partition coefficient (Wildman–Crippen LogP) is 2.29. The summed E-state index contributed by atoms with van der Waals surface area (Å²) in [7, 11) is 0. The largest absolute Gasteiger partial charge is 0.381 e. The average Bonchev–Trinajstić information content (AvgIpc) is 2.08. The van der Waals surface area contributed by atoms with Crippen LogP contribution in [0.3, 0.4) is 0 Å². The molecule has 0 spiro atoms. The van der Waals surface area contributed by atoms with Crippen molar-refractivity contribution in [3.63, 3.8) is 0 Å². The minimum atomic E-state index is 0.680. The number of rotatable bonds is 8. The normalized spacial score (nSPS) is 13.6. The molecule has 0 aliphatic carbocycles. The molecule has 0 aromatic carbocycles. The molecule has 0 aliphatic rings. The zero-order chi connectivity index (χ0) is 10.1. The van der Waals surface area contributed by atoms with E-state index in [9.17, 15) is 0 Å². The second-order valence-electron chi connectivity index (χ2n) is 4.15. The van der Waals surface area contributed by atoms with Crippen molar-refractivity contribution < 1.29 is 4.74 Å². The highest BCUT2D eigenvalue weighted by atomic mass is 16.5. The molecule has 0 aromatic rings. The van der Waals surface area contributed by atoms with Crippen LogP contribution in [0.25, 0.3) is 0 Å². The van der Waals surface area contributed by atoms with Crippen molar-refractivity contribution in [3.05, 3.63) is 0 Å². The molecule has 0 fully saturated rings. The van der Waals surface area contributed by atoms with Crippen LogP contribution in [0.1, 0.15) is 34.1 Å². The van der Waals surface area contributed by atoms with E-state index >= 15 is 0 Å². The number of ether oxygens (including phenoxy) is 1. The van der Waals surface area contributed by atoms with Crippen molar-refractivity contribution in [2.24, 2.45) is 11.8 Å². The molecule has 0 heterocycles. The first-order valence-electron chi connectivity index (χ1n) is 5.45. The van der Waals surface area contributed by atoms with Gasteiger partial charge in [-0.05, 0) is 38.3 Å². The minimum Gasteiger partial charge on any atom is -0.381 e. The van der Waals surface area contributed by atoms with Crippen LogP contribution in [0, 0.1) is 11.8 Å². The Hall–Kier alpha value is -0.0800. The summed E-state index contributed by atoms with van der Waals surface area (Å²) in [5.41, 5.74) is 0. The highest BCUT2D eigenvalue weighted by Crippen LogP contribution is 2.00. The molecule has 0 aliphatic heterocycles. The van der Waals surface area contributed by atoms with Crippen molar-refractivity contribution in [1.29, 1.82) is 0 Å². The van der Waals surface area contributed by atoms with Crippen LogP contribution in [-0.4, -0.2) is 26.3 Å². The first-order chi connectivity index (χ1) is 6.16. The zero-order valence-corrected chi connectivity index (χ0v) is 9.60. The molecule has 0 amide bonds. The average molecular weight is 187 g/mol. The predicted molar refractivity (Wildman–Crippen MR) is 58.0 cm³/mol. The maximum Gasteiger partial charge on any atom is 0.0491 e. The summed E-state index contributed by atoms with van der Waals surface area (Å²) < 4.78 is 5.35. The molecule has 80 valence electrons. The zero-order valence-electron chi connectivity index (χ0n) is 9.60. The first kappa shape index (κ1) is 12.9. The van der Waals surface area contributed by atoms with Crippen LogP contribution >= 0.6 is 0 Å². The smallest absolute Gasteiger partial charge is 0.0491 e. The van der Waals surface area contributed by atoms with Gasteiger partial charge in [-0.1, -0.05) is 20.8 Å². The molecular formula is C11H25NO. The van der Waals surface area contributed by atoms with E-state index in [0.29, 0.717) is 5.92 Å². The van der Waals surface area contributed by atoms with Gasteiger partial charge in [-0.2, -0.15) is 0 Å². The van der Waals surface area contributed by atoms with Gasteiger partial charge in [-0.3, -0.25) is 0 Å². The fourth-order valence-corrected chi connectivity index (χ4v) is 1.14. The topological polar surface area (TPSA) is 21.3 Å². The van der Waals surface area contributed by atoms with Crippen molar-refractivity contribution in [3.8, 4) is 0 Å². The molecule has 2 heteroatoms. The Bertz CT molecular complexity index is 104. The Morgan fingerprint density at radius 1 is 1.23 bits per heavy atom. The van der Waals surface area contributed by atoms with E-state index in [1.807, 2.05) is 6.92 Å². The van der Waals surface area contributed by atoms with Crippen LogP contribution in [0.2, 0.25) is 0 Å². The van der Waals surface area contributed by atoms with Gasteiger partial charge >= 0.3 is 0 Å². The van der Waals surface area contributed by atoms with Crippen LogP contribution in [-0.2, 0) is 4.74 Å². The lowest BCUT2D eigenvalue weighted by Crippen LogP contribution is -2.23. The SMILES string of the molecule is CCOCC(C)CCNCC(C)C. The lowest BCUT2D eigenvalue weighted by molar-refractivity contribution is 0.113. The Kier molecular flexibility index (Phi) is 8.46. The van der Waals surface area contributed by atoms with Gasteiger partial charge in [0.1, 0.15) is 0 Å². The minimum absolute atomic E-state index is 0.680. The fraction of sp³-hybridized carbons (Fsp3) is 1.00. The van der Waals surface area contributed by atoms with Crippen LogP contribution in [0.4, 0.5) is 0 Å². The summed E-state index contributed by atoms with van der Waals surface area (Å²) in [6.45, 7) is 12.7. The third-order valence-corrected chi connectivity index (χ3v) is 1.97. The monoisotopic (exact) mass is 187 g/mol. The van der Waals surface area contributed by atoms with Crippen molar-refractivity contribution in [1.82, 2.24) is 5.32 Å². The van der Waals surface area contributed by atoms with Gasteiger partial charge in [-0.15, -0.1) is 0 Å². The van der Waals surface area contributed by atoms with E-state index < -0.39 is 0 Å². The molecule has 1 unspecified atom stereocenters. The van der Waals surface area contributed by atoms with Gasteiger partial charge in [-0.25, -0.2) is 0 Å². The highest BCUT2D eigenvalue weighted by molar-refractivity contribution is 4.56. The van der Waals surface area contributed by atoms with Gasteiger partial charge in [0.25, 0.3) is 0 Å². The Balaban J connectivity index is 3.12. The molecule has 0 rings (SSSR count). The number of hydrogen-bond donors (Lipinski definition) is 1. The summed E-state index contributed by atoms with van der Waals surface area (Å²) in [6, 6.07) is 0. The number of nitrogens with one attached hydrogen (secondary N) is 1. The molecule has 0 saturated carbocycles. The van der Waals surface area contributed by atoms with Gasteiger partial charge < -0.3 is 10.1 Å². The highest BCUT2D eigenvalue weighted by Gasteiger charge is 2.01. The molecule has 0 bridgehead atoms. The van der Waals surface area contributed by atoms with Gasteiger partial charge in [0.2, 0.25) is 0 Å². The van der Waals surface area contributed by atoms with Gasteiger partial charge in [0, 0.05) is 13.2 Å². The number of hydrogen-bond acceptors (Lipinski definition) is 2. The maximum atomic E-state index is 5.35. The third-order valence-electron chi connectivity index (χ3n) is 1.97. The van der Waals surface area contributed by atoms with Gasteiger partial charge in [0.15, 0.2) is 0 Å². The Morgan fingerprint density at radius 2 is 1.92 bits per heavy atom. The summed E-state index contributed by atoms with van der Waals surface area (Å²) in [5.74, 6) is 1.43. The Morgan fingerprint density at radius 3 is 2.46 bits per heavy atom. The first-order valence-corrected chi connectivity index (χ1v) is 5.45. The fourth-order valence-electron chi connectivity index (χ4n) is 1.14. The lowest BCUT2D eigenvalue weighted by atomic mass is 10.1. The summed E-state index contributed by atoms with van der Waals surface area (Å²) in [5, 5.41) is 3.44. The van der Waals surface area contributed by atoms with Gasteiger partial charge in [0.05, 0.1) is 0 Å². The van der Waals surface area contributed by atoms with Crippen LogP contribution < -0.4 is 5.32 Å². The maximum absolute atomic E-state index is 5.35. The van der Waals surface area contributed by atoms with Crippen molar-refractivity contribution >= 4 is 0 Å². The molecule has 13 heavy (non-hydrogen) atoms. The second-order valence-corrected chi connectivity index (χ2v) is 4.15. The molecule has 1 atom stereocenters. The van der Waals surface area contributed by atoms with E-state index in [1.165, 1.54) is 6.42 Å².